The number of aromatic nitrogens is 2. The van der Waals surface area contributed by atoms with Gasteiger partial charge in [-0.25, -0.2) is 9.97 Å². The molecule has 5 nitrogen and oxygen atoms in total. The van der Waals surface area contributed by atoms with Crippen molar-refractivity contribution in [3.05, 3.63) is 30.0 Å². The highest BCUT2D eigenvalue weighted by molar-refractivity contribution is 5.76. The van der Waals surface area contributed by atoms with E-state index in [-0.39, 0.29) is 6.42 Å². The fourth-order valence-electron chi connectivity index (χ4n) is 1.95. The van der Waals surface area contributed by atoms with Gasteiger partial charge in [-0.3, -0.25) is 4.79 Å². The molecule has 1 heterocycles. The van der Waals surface area contributed by atoms with E-state index in [2.05, 4.69) is 15.3 Å². The molecule has 2 rings (SSSR count). The van der Waals surface area contributed by atoms with Crippen LogP contribution in [0.3, 0.4) is 0 Å². The highest BCUT2D eigenvalue weighted by Crippen LogP contribution is 2.21. The lowest BCUT2D eigenvalue weighted by atomic mass is 10.0. The fourth-order valence-corrected chi connectivity index (χ4v) is 1.95. The summed E-state index contributed by atoms with van der Waals surface area (Å²) < 4.78 is 0. The number of hydrogen-bond acceptors (Lipinski definition) is 4. The summed E-state index contributed by atoms with van der Waals surface area (Å²) >= 11 is 0. The molecule has 0 unspecified atom stereocenters. The number of carboxylic acid groups (broad SMARTS) is 1. The second-order valence-corrected chi connectivity index (χ2v) is 5.23. The van der Waals surface area contributed by atoms with E-state index < -0.39 is 11.5 Å². The Labute approximate surface area is 111 Å². The van der Waals surface area contributed by atoms with Crippen LogP contribution in [0.4, 0.5) is 5.82 Å². The summed E-state index contributed by atoms with van der Waals surface area (Å²) in [6.07, 6.45) is 0.0148. The number of rotatable bonds is 4. The first-order valence-corrected chi connectivity index (χ1v) is 6.11. The van der Waals surface area contributed by atoms with Crippen LogP contribution in [0.2, 0.25) is 0 Å². The van der Waals surface area contributed by atoms with Crippen LogP contribution < -0.4 is 5.32 Å². The number of carbonyl (C=O) groups is 1. The molecular formula is C14H17N3O2. The number of benzene rings is 1. The third-order valence-corrected chi connectivity index (χ3v) is 2.79. The maximum Gasteiger partial charge on any atom is 0.305 e. The molecule has 0 aliphatic rings. The Hall–Kier alpha value is -2.17. The Morgan fingerprint density at radius 1 is 1.26 bits per heavy atom. The van der Waals surface area contributed by atoms with Crippen LogP contribution in [0, 0.1) is 6.92 Å². The van der Waals surface area contributed by atoms with Crippen LogP contribution >= 0.6 is 0 Å². The molecule has 0 saturated heterocycles. The highest BCUT2D eigenvalue weighted by Gasteiger charge is 2.23. The average molecular weight is 259 g/mol. The number of fused-ring (bicyclic) bond motifs is 1. The van der Waals surface area contributed by atoms with Crippen molar-refractivity contribution in [3.63, 3.8) is 0 Å². The van der Waals surface area contributed by atoms with E-state index in [0.29, 0.717) is 5.82 Å². The molecule has 0 fully saturated rings. The molecule has 0 saturated carbocycles. The first-order chi connectivity index (χ1) is 8.87. The molecule has 2 N–H and O–H groups in total. The van der Waals surface area contributed by atoms with Crippen molar-refractivity contribution in [2.24, 2.45) is 0 Å². The third-order valence-electron chi connectivity index (χ3n) is 2.79. The van der Waals surface area contributed by atoms with E-state index in [9.17, 15) is 4.79 Å². The van der Waals surface area contributed by atoms with Crippen LogP contribution in [0.15, 0.2) is 24.3 Å². The second kappa shape index (κ2) is 4.84. The molecule has 2 aromatic rings. The largest absolute Gasteiger partial charge is 0.481 e. The van der Waals surface area contributed by atoms with Crippen molar-refractivity contribution in [3.8, 4) is 0 Å². The minimum atomic E-state index is -0.844. The normalized spacial score (nSPS) is 11.5. The average Bonchev–Trinajstić information content (AvgIpc) is 2.27. The molecule has 0 radical (unpaired) electrons. The SMILES string of the molecule is Cc1nc2ccccc2nc1NC(C)(C)CC(=O)O. The van der Waals surface area contributed by atoms with Gasteiger partial charge in [-0.2, -0.15) is 0 Å². The molecule has 0 amide bonds. The van der Waals surface area contributed by atoms with Crippen molar-refractivity contribution in [2.75, 3.05) is 5.32 Å². The number of aliphatic carboxylic acids is 1. The fraction of sp³-hybridized carbons (Fsp3) is 0.357. The summed E-state index contributed by atoms with van der Waals surface area (Å²) in [5.74, 6) is -0.214. The summed E-state index contributed by atoms with van der Waals surface area (Å²) in [6.45, 7) is 5.52. The standard InChI is InChI=1S/C14H17N3O2/c1-9-13(17-14(2,3)8-12(18)19)16-11-7-5-4-6-10(11)15-9/h4-7H,8H2,1-3H3,(H,16,17)(H,18,19). The van der Waals surface area contributed by atoms with Gasteiger partial charge >= 0.3 is 5.97 Å². The molecule has 1 aromatic heterocycles. The maximum absolute atomic E-state index is 10.8. The Morgan fingerprint density at radius 2 is 1.84 bits per heavy atom. The molecule has 1 aromatic carbocycles. The van der Waals surface area contributed by atoms with Gasteiger partial charge in [0.15, 0.2) is 0 Å². The molecule has 19 heavy (non-hydrogen) atoms. The smallest absolute Gasteiger partial charge is 0.305 e. The van der Waals surface area contributed by atoms with E-state index in [1.165, 1.54) is 0 Å². The van der Waals surface area contributed by atoms with Gasteiger partial charge in [0.05, 0.1) is 23.1 Å². The lowest BCUT2D eigenvalue weighted by molar-refractivity contribution is -0.137. The van der Waals surface area contributed by atoms with Gasteiger partial charge in [-0.15, -0.1) is 0 Å². The summed E-state index contributed by atoms with van der Waals surface area (Å²) in [7, 11) is 0. The monoisotopic (exact) mass is 259 g/mol. The third kappa shape index (κ3) is 3.19. The molecule has 0 atom stereocenters. The van der Waals surface area contributed by atoms with Gasteiger partial charge in [0.2, 0.25) is 0 Å². The zero-order valence-corrected chi connectivity index (χ0v) is 11.3. The first-order valence-electron chi connectivity index (χ1n) is 6.11. The predicted molar refractivity (Wildman–Crippen MR) is 74.2 cm³/mol. The number of carboxylic acids is 1. The van der Waals surface area contributed by atoms with Gasteiger partial charge in [-0.1, -0.05) is 12.1 Å². The predicted octanol–water partition coefficient (Wildman–Crippen LogP) is 2.60. The second-order valence-electron chi connectivity index (χ2n) is 5.23. The molecule has 5 heteroatoms. The van der Waals surface area contributed by atoms with Crippen LogP contribution in [0.1, 0.15) is 26.0 Å². The van der Waals surface area contributed by atoms with E-state index in [4.69, 9.17) is 5.11 Å². The number of para-hydroxylation sites is 2. The molecule has 0 aliphatic carbocycles. The minimum Gasteiger partial charge on any atom is -0.481 e. The number of hydrogen-bond donors (Lipinski definition) is 2. The Balaban J connectivity index is 2.34. The van der Waals surface area contributed by atoms with Crippen LogP contribution in [0.5, 0.6) is 0 Å². The van der Waals surface area contributed by atoms with Crippen molar-refractivity contribution in [2.45, 2.75) is 32.7 Å². The van der Waals surface area contributed by atoms with Gasteiger partial charge in [0, 0.05) is 5.54 Å². The van der Waals surface area contributed by atoms with E-state index in [1.807, 2.05) is 45.0 Å². The highest BCUT2D eigenvalue weighted by atomic mass is 16.4. The quantitative estimate of drug-likeness (QED) is 0.882. The van der Waals surface area contributed by atoms with Crippen LogP contribution in [-0.4, -0.2) is 26.6 Å². The lowest BCUT2D eigenvalue weighted by Gasteiger charge is -2.25. The van der Waals surface area contributed by atoms with Crippen LogP contribution in [-0.2, 0) is 4.79 Å². The summed E-state index contributed by atoms with van der Waals surface area (Å²) in [6, 6.07) is 7.61. The molecular weight excluding hydrogens is 242 g/mol. The Kier molecular flexibility index (Phi) is 3.38. The van der Waals surface area contributed by atoms with Crippen molar-refractivity contribution in [1.29, 1.82) is 0 Å². The Bertz CT molecular complexity index is 623. The lowest BCUT2D eigenvalue weighted by Crippen LogP contribution is -2.34. The number of nitrogens with one attached hydrogen (secondary N) is 1. The van der Waals surface area contributed by atoms with E-state index in [1.54, 1.807) is 0 Å². The van der Waals surface area contributed by atoms with Gasteiger partial charge in [0.25, 0.3) is 0 Å². The summed E-state index contributed by atoms with van der Waals surface area (Å²) in [5.41, 5.74) is 1.81. The topological polar surface area (TPSA) is 75.1 Å². The van der Waals surface area contributed by atoms with Crippen molar-refractivity contribution < 1.29 is 9.90 Å². The molecule has 0 spiro atoms. The molecule has 0 bridgehead atoms. The zero-order chi connectivity index (χ0) is 14.0. The number of nitrogens with zero attached hydrogens (tertiary/aromatic N) is 2. The van der Waals surface area contributed by atoms with E-state index in [0.717, 1.165) is 16.7 Å². The zero-order valence-electron chi connectivity index (χ0n) is 11.3. The summed E-state index contributed by atoms with van der Waals surface area (Å²) in [5, 5.41) is 12.0. The maximum atomic E-state index is 10.8. The van der Waals surface area contributed by atoms with Gasteiger partial charge < -0.3 is 10.4 Å². The van der Waals surface area contributed by atoms with Crippen LogP contribution in [0.25, 0.3) is 11.0 Å². The summed E-state index contributed by atoms with van der Waals surface area (Å²) in [4.78, 5) is 19.8. The van der Waals surface area contributed by atoms with Crippen molar-refractivity contribution in [1.82, 2.24) is 9.97 Å². The molecule has 100 valence electrons. The number of aryl methyl sites for hydroxylation is 1. The van der Waals surface area contributed by atoms with E-state index >= 15 is 0 Å². The van der Waals surface area contributed by atoms with Crippen molar-refractivity contribution >= 4 is 22.8 Å². The minimum absolute atomic E-state index is 0.0148. The number of anilines is 1. The Morgan fingerprint density at radius 3 is 2.42 bits per heavy atom. The van der Waals surface area contributed by atoms with Gasteiger partial charge in [0.1, 0.15) is 5.82 Å². The van der Waals surface area contributed by atoms with Gasteiger partial charge in [-0.05, 0) is 32.9 Å². The molecule has 0 aliphatic heterocycles. The first kappa shape index (κ1) is 13.3.